The summed E-state index contributed by atoms with van der Waals surface area (Å²) in [4.78, 5) is 20.8. The molecule has 0 aliphatic heterocycles. The maximum Gasteiger partial charge on any atom is 0.251 e. The van der Waals surface area contributed by atoms with Gasteiger partial charge in [0.2, 0.25) is 0 Å². The molecule has 26 heavy (non-hydrogen) atoms. The summed E-state index contributed by atoms with van der Waals surface area (Å²) < 4.78 is 15.8. The molecule has 1 aliphatic rings. The Labute approximate surface area is 150 Å². The lowest BCUT2D eigenvalue weighted by molar-refractivity contribution is 0.0929. The molecule has 1 atom stereocenters. The van der Waals surface area contributed by atoms with E-state index in [4.69, 9.17) is 0 Å². The number of imidazole rings is 1. The summed E-state index contributed by atoms with van der Waals surface area (Å²) in [5.41, 5.74) is 1.73. The van der Waals surface area contributed by atoms with Gasteiger partial charge in [-0.1, -0.05) is 12.1 Å². The number of nitrogens with one attached hydrogen (secondary N) is 1. The van der Waals surface area contributed by atoms with Crippen LogP contribution in [0.2, 0.25) is 0 Å². The molecule has 1 aliphatic carbocycles. The van der Waals surface area contributed by atoms with Gasteiger partial charge in [0.1, 0.15) is 11.6 Å². The fraction of sp³-hybridized carbons (Fsp3) is 0.250. The van der Waals surface area contributed by atoms with E-state index in [1.165, 1.54) is 6.20 Å². The standard InChI is InChI=1S/C20H19FN4O/c1-25-11-10-23-19(25)18(14-4-5-14)24-20(26)15-6-2-13(3-7-15)16-8-9-22-12-17(16)21/h2-3,6-12,14,18H,4-5H2,1H3,(H,24,26)/t18-/m1/s1. The van der Waals surface area contributed by atoms with Gasteiger partial charge in [0.15, 0.2) is 0 Å². The van der Waals surface area contributed by atoms with Gasteiger partial charge in [-0.2, -0.15) is 0 Å². The molecule has 0 unspecified atom stereocenters. The minimum atomic E-state index is -0.381. The van der Waals surface area contributed by atoms with Crippen LogP contribution in [-0.4, -0.2) is 20.4 Å². The van der Waals surface area contributed by atoms with Crippen molar-refractivity contribution in [1.29, 1.82) is 0 Å². The molecule has 1 saturated carbocycles. The molecule has 0 spiro atoms. The van der Waals surface area contributed by atoms with E-state index in [0.717, 1.165) is 18.7 Å². The number of hydrogen-bond acceptors (Lipinski definition) is 3. The summed E-state index contributed by atoms with van der Waals surface area (Å²) in [6, 6.07) is 8.47. The van der Waals surface area contributed by atoms with Crippen LogP contribution in [0.15, 0.2) is 55.1 Å². The van der Waals surface area contributed by atoms with E-state index >= 15 is 0 Å². The van der Waals surface area contributed by atoms with Crippen LogP contribution >= 0.6 is 0 Å². The predicted molar refractivity (Wildman–Crippen MR) is 95.8 cm³/mol. The van der Waals surface area contributed by atoms with E-state index in [9.17, 15) is 9.18 Å². The van der Waals surface area contributed by atoms with Gasteiger partial charge in [0.05, 0.1) is 12.2 Å². The zero-order valence-corrected chi connectivity index (χ0v) is 14.4. The molecular weight excluding hydrogens is 331 g/mol. The topological polar surface area (TPSA) is 59.8 Å². The second-order valence-corrected chi connectivity index (χ2v) is 6.62. The number of aromatic nitrogens is 3. The maximum atomic E-state index is 13.8. The van der Waals surface area contributed by atoms with E-state index in [1.807, 2.05) is 17.8 Å². The fourth-order valence-corrected chi connectivity index (χ4v) is 3.13. The van der Waals surface area contributed by atoms with Crippen molar-refractivity contribution in [1.82, 2.24) is 19.9 Å². The van der Waals surface area contributed by atoms with Crippen molar-refractivity contribution < 1.29 is 9.18 Å². The Balaban J connectivity index is 1.53. The Hall–Kier alpha value is -3.02. The monoisotopic (exact) mass is 350 g/mol. The third-order valence-corrected chi connectivity index (χ3v) is 4.75. The van der Waals surface area contributed by atoms with Gasteiger partial charge in [-0.3, -0.25) is 9.78 Å². The molecule has 132 valence electrons. The van der Waals surface area contributed by atoms with Crippen molar-refractivity contribution in [3.63, 3.8) is 0 Å². The SMILES string of the molecule is Cn1ccnc1[C@H](NC(=O)c1ccc(-c2ccncc2F)cc1)C1CC1. The lowest BCUT2D eigenvalue weighted by atomic mass is 10.0. The summed E-state index contributed by atoms with van der Waals surface area (Å²) in [5.74, 6) is 0.779. The molecule has 1 aromatic carbocycles. The maximum absolute atomic E-state index is 13.8. The number of halogens is 1. The molecular formula is C20H19FN4O. The zero-order valence-electron chi connectivity index (χ0n) is 14.4. The van der Waals surface area contributed by atoms with Crippen molar-refractivity contribution in [2.75, 3.05) is 0 Å². The third-order valence-electron chi connectivity index (χ3n) is 4.75. The van der Waals surface area contributed by atoms with E-state index in [0.29, 0.717) is 22.6 Å². The summed E-state index contributed by atoms with van der Waals surface area (Å²) in [6.45, 7) is 0. The van der Waals surface area contributed by atoms with Crippen molar-refractivity contribution >= 4 is 5.91 Å². The van der Waals surface area contributed by atoms with Crippen LogP contribution < -0.4 is 5.32 Å². The zero-order chi connectivity index (χ0) is 18.1. The van der Waals surface area contributed by atoms with Crippen LogP contribution in [0, 0.1) is 11.7 Å². The molecule has 0 bridgehead atoms. The number of aryl methyl sites for hydroxylation is 1. The first kappa shape index (κ1) is 16.4. The third kappa shape index (κ3) is 3.22. The van der Waals surface area contributed by atoms with Crippen molar-refractivity contribution in [2.24, 2.45) is 13.0 Å². The summed E-state index contributed by atoms with van der Waals surface area (Å²) in [7, 11) is 1.93. The second-order valence-electron chi connectivity index (χ2n) is 6.62. The highest BCUT2D eigenvalue weighted by Gasteiger charge is 2.35. The van der Waals surface area contributed by atoms with Crippen LogP contribution in [0.4, 0.5) is 4.39 Å². The van der Waals surface area contributed by atoms with Crippen LogP contribution in [0.3, 0.4) is 0 Å². The normalized spacial score (nSPS) is 14.8. The molecule has 1 amide bonds. The highest BCUT2D eigenvalue weighted by Crippen LogP contribution is 2.40. The molecule has 4 rings (SSSR count). The Bertz CT molecular complexity index is 931. The molecule has 2 aromatic heterocycles. The van der Waals surface area contributed by atoms with Crippen molar-refractivity contribution in [2.45, 2.75) is 18.9 Å². The van der Waals surface area contributed by atoms with Crippen molar-refractivity contribution in [3.05, 3.63) is 72.3 Å². The Kier molecular flexibility index (Phi) is 4.24. The van der Waals surface area contributed by atoms with Gasteiger partial charge < -0.3 is 9.88 Å². The van der Waals surface area contributed by atoms with E-state index < -0.39 is 0 Å². The number of rotatable bonds is 5. The minimum absolute atomic E-state index is 0.0835. The number of carbonyl (C=O) groups excluding carboxylic acids is 1. The summed E-state index contributed by atoms with van der Waals surface area (Å²) in [6.07, 6.45) is 8.55. The van der Waals surface area contributed by atoms with Crippen LogP contribution in [0.1, 0.15) is 35.1 Å². The average Bonchev–Trinajstić information content (AvgIpc) is 3.41. The minimum Gasteiger partial charge on any atom is -0.342 e. The molecule has 0 radical (unpaired) electrons. The molecule has 2 heterocycles. The average molecular weight is 350 g/mol. The Morgan fingerprint density at radius 1 is 1.23 bits per heavy atom. The van der Waals surface area contributed by atoms with Gasteiger partial charge in [0, 0.05) is 36.8 Å². The van der Waals surface area contributed by atoms with Gasteiger partial charge in [0.25, 0.3) is 5.91 Å². The molecule has 1 fully saturated rings. The highest BCUT2D eigenvalue weighted by atomic mass is 19.1. The Morgan fingerprint density at radius 2 is 2.00 bits per heavy atom. The number of nitrogens with zero attached hydrogens (tertiary/aromatic N) is 3. The Morgan fingerprint density at radius 3 is 2.62 bits per heavy atom. The molecule has 6 heteroatoms. The smallest absolute Gasteiger partial charge is 0.251 e. The first-order valence-electron chi connectivity index (χ1n) is 8.61. The lowest BCUT2D eigenvalue weighted by Gasteiger charge is -2.18. The molecule has 1 N–H and O–H groups in total. The first-order chi connectivity index (χ1) is 12.6. The first-order valence-corrected chi connectivity index (χ1v) is 8.61. The van der Waals surface area contributed by atoms with Gasteiger partial charge in [-0.05, 0) is 42.5 Å². The number of amides is 1. The van der Waals surface area contributed by atoms with E-state index in [2.05, 4.69) is 15.3 Å². The molecule has 0 saturated heterocycles. The summed E-state index contributed by atoms with van der Waals surface area (Å²) in [5, 5.41) is 3.10. The van der Waals surface area contributed by atoms with Crippen LogP contribution in [0.25, 0.3) is 11.1 Å². The van der Waals surface area contributed by atoms with Gasteiger partial charge in [-0.15, -0.1) is 0 Å². The molecule has 3 aromatic rings. The summed E-state index contributed by atoms with van der Waals surface area (Å²) >= 11 is 0. The largest absolute Gasteiger partial charge is 0.342 e. The van der Waals surface area contributed by atoms with Gasteiger partial charge >= 0.3 is 0 Å². The quantitative estimate of drug-likeness (QED) is 0.766. The number of pyridine rings is 1. The van der Waals surface area contributed by atoms with Crippen LogP contribution in [0.5, 0.6) is 0 Å². The number of hydrogen-bond donors (Lipinski definition) is 1. The highest BCUT2D eigenvalue weighted by molar-refractivity contribution is 5.95. The second kappa shape index (κ2) is 6.71. The number of benzene rings is 1. The van der Waals surface area contributed by atoms with E-state index in [-0.39, 0.29) is 17.8 Å². The van der Waals surface area contributed by atoms with Crippen molar-refractivity contribution in [3.8, 4) is 11.1 Å². The lowest BCUT2D eigenvalue weighted by Crippen LogP contribution is -2.31. The molecule has 5 nitrogen and oxygen atoms in total. The van der Waals surface area contributed by atoms with E-state index in [1.54, 1.807) is 42.7 Å². The predicted octanol–water partition coefficient (Wildman–Crippen LogP) is 3.50. The van der Waals surface area contributed by atoms with Gasteiger partial charge in [-0.25, -0.2) is 9.37 Å². The van der Waals surface area contributed by atoms with Crippen LogP contribution in [-0.2, 0) is 7.05 Å². The fourth-order valence-electron chi connectivity index (χ4n) is 3.13. The number of carbonyl (C=O) groups is 1.